The first-order chi connectivity index (χ1) is 13.6. The van der Waals surface area contributed by atoms with Gasteiger partial charge in [-0.15, -0.1) is 24.8 Å². The van der Waals surface area contributed by atoms with Gasteiger partial charge in [0.1, 0.15) is 0 Å². The Morgan fingerprint density at radius 2 is 1.97 bits per heavy atom. The van der Waals surface area contributed by atoms with Gasteiger partial charge in [-0.05, 0) is 50.8 Å². The van der Waals surface area contributed by atoms with Crippen LogP contribution in [0.1, 0.15) is 53.2 Å². The molecular formula is C22H30Cl2N4O2. The second-order valence-corrected chi connectivity index (χ2v) is 8.06. The lowest BCUT2D eigenvalue weighted by molar-refractivity contribution is -0.126. The molecule has 2 aliphatic rings. The van der Waals surface area contributed by atoms with Crippen LogP contribution >= 0.6 is 24.8 Å². The summed E-state index contributed by atoms with van der Waals surface area (Å²) in [4.78, 5) is 32.4. The zero-order valence-corrected chi connectivity index (χ0v) is 18.9. The van der Waals surface area contributed by atoms with Crippen molar-refractivity contribution in [3.05, 3.63) is 41.1 Å². The summed E-state index contributed by atoms with van der Waals surface area (Å²) in [6.07, 6.45) is 3.93. The highest BCUT2D eigenvalue weighted by Gasteiger charge is 2.31. The van der Waals surface area contributed by atoms with Gasteiger partial charge in [0, 0.05) is 43.2 Å². The van der Waals surface area contributed by atoms with Gasteiger partial charge in [-0.1, -0.05) is 11.6 Å². The highest BCUT2D eigenvalue weighted by atomic mass is 35.5. The lowest BCUT2D eigenvalue weighted by Crippen LogP contribution is -2.46. The number of hydrogen-bond donors (Lipinski definition) is 2. The molecular weight excluding hydrogens is 423 g/mol. The van der Waals surface area contributed by atoms with Crippen LogP contribution in [0.4, 0.5) is 0 Å². The number of carbonyl (C=O) groups excluding carboxylic acids is 2. The minimum Gasteiger partial charge on any atom is -0.355 e. The number of fused-ring (bicyclic) bond motifs is 1. The van der Waals surface area contributed by atoms with E-state index in [4.69, 9.17) is 10.7 Å². The van der Waals surface area contributed by atoms with Gasteiger partial charge in [0.2, 0.25) is 5.91 Å². The monoisotopic (exact) mass is 452 g/mol. The molecule has 3 N–H and O–H groups in total. The van der Waals surface area contributed by atoms with Crippen molar-refractivity contribution >= 4 is 47.5 Å². The van der Waals surface area contributed by atoms with Crippen LogP contribution in [0.15, 0.2) is 24.3 Å². The van der Waals surface area contributed by atoms with Crippen LogP contribution in [0.2, 0.25) is 0 Å². The quantitative estimate of drug-likeness (QED) is 0.728. The van der Waals surface area contributed by atoms with Crippen LogP contribution in [0.3, 0.4) is 0 Å². The number of pyridine rings is 1. The number of aryl methyl sites for hydroxylation is 1. The van der Waals surface area contributed by atoms with E-state index in [0.717, 1.165) is 53.4 Å². The highest BCUT2D eigenvalue weighted by molar-refractivity contribution is 6.06. The third-order valence-corrected chi connectivity index (χ3v) is 5.73. The molecule has 1 saturated heterocycles. The molecule has 1 aromatic carbocycles. The molecule has 0 spiro atoms. The van der Waals surface area contributed by atoms with Crippen molar-refractivity contribution in [2.24, 2.45) is 11.7 Å². The number of carbonyl (C=O) groups is 2. The second kappa shape index (κ2) is 10.4. The molecule has 2 fully saturated rings. The number of nitrogens with one attached hydrogen (secondary N) is 1. The molecule has 6 nitrogen and oxygen atoms in total. The first-order valence-corrected chi connectivity index (χ1v) is 10.2. The van der Waals surface area contributed by atoms with Crippen LogP contribution < -0.4 is 11.1 Å². The van der Waals surface area contributed by atoms with Gasteiger partial charge in [0.25, 0.3) is 5.91 Å². The Morgan fingerprint density at radius 1 is 1.20 bits per heavy atom. The maximum Gasteiger partial charge on any atom is 0.254 e. The minimum absolute atomic E-state index is 0. The van der Waals surface area contributed by atoms with Crippen molar-refractivity contribution in [1.29, 1.82) is 0 Å². The predicted octanol–water partition coefficient (Wildman–Crippen LogP) is 3.19. The zero-order chi connectivity index (χ0) is 19.7. The first kappa shape index (κ1) is 24.4. The molecule has 1 aromatic heterocycles. The van der Waals surface area contributed by atoms with Crippen molar-refractivity contribution in [3.63, 3.8) is 0 Å². The highest BCUT2D eigenvalue weighted by Crippen LogP contribution is 2.40. The van der Waals surface area contributed by atoms with Gasteiger partial charge < -0.3 is 16.0 Å². The predicted molar refractivity (Wildman–Crippen MR) is 124 cm³/mol. The Labute approximate surface area is 189 Å². The van der Waals surface area contributed by atoms with Crippen LogP contribution in [0, 0.1) is 12.8 Å². The van der Waals surface area contributed by atoms with E-state index in [1.165, 1.54) is 0 Å². The number of nitrogens with two attached hydrogens (primary N) is 1. The van der Waals surface area contributed by atoms with Crippen molar-refractivity contribution in [1.82, 2.24) is 15.2 Å². The minimum atomic E-state index is -0.165. The van der Waals surface area contributed by atoms with E-state index >= 15 is 0 Å². The fourth-order valence-electron chi connectivity index (χ4n) is 4.01. The molecule has 8 heteroatoms. The largest absolute Gasteiger partial charge is 0.355 e. The molecule has 164 valence electrons. The van der Waals surface area contributed by atoms with Crippen molar-refractivity contribution in [3.8, 4) is 0 Å². The fourth-order valence-corrected chi connectivity index (χ4v) is 4.01. The van der Waals surface area contributed by atoms with Crippen LogP contribution in [0.5, 0.6) is 0 Å². The Bertz CT molecular complexity index is 917. The van der Waals surface area contributed by atoms with Gasteiger partial charge in [0.05, 0.1) is 17.0 Å². The lowest BCUT2D eigenvalue weighted by Gasteiger charge is -2.32. The van der Waals surface area contributed by atoms with Crippen molar-refractivity contribution in [2.45, 2.75) is 38.5 Å². The molecule has 30 heavy (non-hydrogen) atoms. The molecule has 1 unspecified atom stereocenters. The standard InChI is InChI=1S/C22H28N4O2.2ClH/c1-14-4-7-19-17(11-14)18(12-20(25-19)15-5-6-15)22(28)26-10-2-3-16(13-26)21(27)24-9-8-23;;/h4,7,11-12,15-16H,2-3,5-6,8-10,13,23H2,1H3,(H,24,27);2*1H. The normalized spacial score (nSPS) is 18.3. The average Bonchev–Trinajstić information content (AvgIpc) is 3.56. The summed E-state index contributed by atoms with van der Waals surface area (Å²) in [6, 6.07) is 8.08. The number of nitrogens with zero attached hydrogens (tertiary/aromatic N) is 2. The van der Waals surface area contributed by atoms with Gasteiger partial charge in [-0.25, -0.2) is 0 Å². The zero-order valence-electron chi connectivity index (χ0n) is 17.2. The summed E-state index contributed by atoms with van der Waals surface area (Å²) in [5.74, 6) is 0.323. The number of hydrogen-bond acceptors (Lipinski definition) is 4. The maximum atomic E-state index is 13.4. The second-order valence-electron chi connectivity index (χ2n) is 8.06. The molecule has 1 saturated carbocycles. The average molecular weight is 453 g/mol. The Kier molecular flexibility index (Phi) is 8.47. The molecule has 4 rings (SSSR count). The Hall–Kier alpha value is -1.89. The van der Waals surface area contributed by atoms with E-state index in [9.17, 15) is 9.59 Å². The van der Waals surface area contributed by atoms with Crippen LogP contribution in [-0.2, 0) is 4.79 Å². The van der Waals surface area contributed by atoms with Gasteiger partial charge >= 0.3 is 0 Å². The van der Waals surface area contributed by atoms with Gasteiger partial charge in [-0.2, -0.15) is 0 Å². The third kappa shape index (κ3) is 5.23. The molecule has 0 bridgehead atoms. The molecule has 2 amide bonds. The summed E-state index contributed by atoms with van der Waals surface area (Å²) in [5.41, 5.74) is 9.22. The summed E-state index contributed by atoms with van der Waals surface area (Å²) < 4.78 is 0. The fraction of sp³-hybridized carbons (Fsp3) is 0.500. The van der Waals surface area contributed by atoms with Gasteiger partial charge in [0.15, 0.2) is 0 Å². The topological polar surface area (TPSA) is 88.3 Å². The maximum absolute atomic E-state index is 13.4. The summed E-state index contributed by atoms with van der Waals surface area (Å²) in [5, 5.41) is 3.77. The van der Waals surface area contributed by atoms with E-state index in [-0.39, 0.29) is 42.5 Å². The molecule has 2 aromatic rings. The Morgan fingerprint density at radius 3 is 2.67 bits per heavy atom. The first-order valence-electron chi connectivity index (χ1n) is 10.2. The van der Waals surface area contributed by atoms with Crippen LogP contribution in [-0.4, -0.2) is 47.9 Å². The number of likely N-dealkylation sites (tertiary alicyclic amines) is 1. The summed E-state index contributed by atoms with van der Waals surface area (Å²) in [7, 11) is 0. The van der Waals surface area contributed by atoms with E-state index in [2.05, 4.69) is 5.32 Å². The molecule has 1 atom stereocenters. The van der Waals surface area contributed by atoms with Gasteiger partial charge in [-0.3, -0.25) is 14.6 Å². The van der Waals surface area contributed by atoms with Crippen LogP contribution in [0.25, 0.3) is 10.9 Å². The third-order valence-electron chi connectivity index (χ3n) is 5.73. The number of benzene rings is 1. The molecule has 1 aliphatic heterocycles. The molecule has 0 radical (unpaired) electrons. The summed E-state index contributed by atoms with van der Waals surface area (Å²) in [6.45, 7) is 4.08. The lowest BCUT2D eigenvalue weighted by atomic mass is 9.95. The van der Waals surface area contributed by atoms with E-state index in [1.54, 1.807) is 0 Å². The van der Waals surface area contributed by atoms with Crippen molar-refractivity contribution < 1.29 is 9.59 Å². The molecule has 1 aliphatic carbocycles. The number of amides is 2. The number of aromatic nitrogens is 1. The van der Waals surface area contributed by atoms with E-state index in [0.29, 0.717) is 32.1 Å². The SMILES string of the molecule is Cc1ccc2nc(C3CC3)cc(C(=O)N3CCCC(C(=O)NCCN)C3)c2c1.Cl.Cl. The van der Waals surface area contributed by atoms with Crippen molar-refractivity contribution in [2.75, 3.05) is 26.2 Å². The number of rotatable bonds is 5. The summed E-state index contributed by atoms with van der Waals surface area (Å²) >= 11 is 0. The number of piperidine rings is 1. The number of halogens is 2. The smallest absolute Gasteiger partial charge is 0.254 e. The van der Waals surface area contributed by atoms with E-state index < -0.39 is 0 Å². The Balaban J connectivity index is 0.00000160. The van der Waals surface area contributed by atoms with E-state index in [1.807, 2.05) is 36.1 Å². The molecule has 2 heterocycles.